The first-order valence-corrected chi connectivity index (χ1v) is 26.1. The SMILES string of the molecule is CC(C)CC1NC(=O)C(Cc2ccccc2)NC(=O)C(CN(C)P)NC(=O)C(NC(=O)C(CN(C)P)NC(=O)C(N)C(C)O)CCNC(=O)C(C(C)O)NC(=O)C(C(C)PN)NC(=O)C(CN(C)P)NC1=O. The summed E-state index contributed by atoms with van der Waals surface area (Å²) in [5, 5.41) is 44.3. The predicted molar refractivity (Wildman–Crippen MR) is 283 cm³/mol. The average molecular weight is 1090 g/mol. The number of aliphatic hydroxyl groups is 2. The highest BCUT2D eigenvalue weighted by Crippen LogP contribution is 2.16. The monoisotopic (exact) mass is 1090 g/mol. The van der Waals surface area contributed by atoms with Crippen LogP contribution < -0.4 is 59.1 Å². The van der Waals surface area contributed by atoms with Gasteiger partial charge < -0.3 is 69.3 Å². The molecule has 406 valence electrons. The third-order valence-electron chi connectivity index (χ3n) is 11.2. The summed E-state index contributed by atoms with van der Waals surface area (Å²) >= 11 is 0. The van der Waals surface area contributed by atoms with Crippen LogP contribution >= 0.6 is 36.9 Å². The zero-order valence-electron chi connectivity index (χ0n) is 42.1. The molecule has 16 atom stereocenters. The van der Waals surface area contributed by atoms with Gasteiger partial charge in [-0.3, -0.25) is 57.2 Å². The van der Waals surface area contributed by atoms with Gasteiger partial charge in [0, 0.05) is 38.3 Å². The molecule has 16 unspecified atom stereocenters. The molecule has 1 aromatic rings. The Hall–Kier alpha value is -4.11. The van der Waals surface area contributed by atoms with Crippen LogP contribution in [0.15, 0.2) is 30.3 Å². The number of rotatable bonds is 18. The van der Waals surface area contributed by atoms with Crippen molar-refractivity contribution in [3.8, 4) is 0 Å². The van der Waals surface area contributed by atoms with E-state index in [4.69, 9.17) is 11.2 Å². The number of nitrogens with two attached hydrogens (primary N) is 2. The number of aliphatic hydroxyl groups excluding tert-OH is 2. The number of nitrogens with one attached hydrogen (secondary N) is 9. The van der Waals surface area contributed by atoms with E-state index in [1.807, 2.05) is 13.8 Å². The van der Waals surface area contributed by atoms with Gasteiger partial charge in [0.05, 0.1) is 12.2 Å². The Bertz CT molecular complexity index is 1990. The molecule has 1 aliphatic rings. The largest absolute Gasteiger partial charge is 0.391 e. The molecule has 9 amide bonds. The Balaban J connectivity index is 2.84. The van der Waals surface area contributed by atoms with Crippen molar-refractivity contribution in [2.45, 2.75) is 126 Å². The van der Waals surface area contributed by atoms with Crippen LogP contribution in [0.2, 0.25) is 0 Å². The Kier molecular flexibility index (Phi) is 28.1. The van der Waals surface area contributed by atoms with Crippen LogP contribution in [0.1, 0.15) is 53.0 Å². The molecule has 1 fully saturated rings. The minimum absolute atomic E-state index is 0.0695. The summed E-state index contributed by atoms with van der Waals surface area (Å²) < 4.78 is 4.54. The van der Waals surface area contributed by atoms with E-state index in [1.54, 1.807) is 63.1 Å². The summed E-state index contributed by atoms with van der Waals surface area (Å²) in [5.41, 5.74) is 11.8. The second kappa shape index (κ2) is 31.6. The van der Waals surface area contributed by atoms with Crippen molar-refractivity contribution in [1.29, 1.82) is 0 Å². The van der Waals surface area contributed by atoms with Crippen molar-refractivity contribution < 1.29 is 53.4 Å². The van der Waals surface area contributed by atoms with Gasteiger partial charge in [0.15, 0.2) is 0 Å². The Labute approximate surface area is 430 Å². The van der Waals surface area contributed by atoms with Gasteiger partial charge in [-0.1, -0.05) is 88.0 Å². The van der Waals surface area contributed by atoms with Crippen molar-refractivity contribution >= 4 is 90.1 Å². The molecule has 72 heavy (non-hydrogen) atoms. The van der Waals surface area contributed by atoms with E-state index in [1.165, 1.54) is 23.2 Å². The van der Waals surface area contributed by atoms with Crippen LogP contribution in [0.4, 0.5) is 0 Å². The second-order valence-electron chi connectivity index (χ2n) is 18.5. The van der Waals surface area contributed by atoms with Gasteiger partial charge in [0.1, 0.15) is 54.4 Å². The fourth-order valence-corrected chi connectivity index (χ4v) is 8.25. The lowest BCUT2D eigenvalue weighted by Crippen LogP contribution is -2.63. The third kappa shape index (κ3) is 22.2. The zero-order valence-corrected chi connectivity index (χ0v) is 46.6. The molecular weight excluding hydrogens is 1010 g/mol. The molecule has 0 radical (unpaired) electrons. The lowest BCUT2D eigenvalue weighted by molar-refractivity contribution is -0.136. The normalized spacial score (nSPS) is 25.0. The van der Waals surface area contributed by atoms with Gasteiger partial charge in [0.2, 0.25) is 53.2 Å². The molecule has 25 nitrogen and oxygen atoms in total. The van der Waals surface area contributed by atoms with E-state index in [0.717, 1.165) is 0 Å². The van der Waals surface area contributed by atoms with E-state index in [-0.39, 0.29) is 51.4 Å². The topological polar surface area (TPSA) is 364 Å². The lowest BCUT2D eigenvalue weighted by atomic mass is 10.0. The smallest absolute Gasteiger partial charge is 0.245 e. The van der Waals surface area contributed by atoms with Crippen molar-refractivity contribution in [2.24, 2.45) is 17.2 Å². The highest BCUT2D eigenvalue weighted by Gasteiger charge is 2.38. The van der Waals surface area contributed by atoms with Gasteiger partial charge in [0.25, 0.3) is 0 Å². The molecule has 29 heteroatoms. The van der Waals surface area contributed by atoms with Crippen molar-refractivity contribution in [2.75, 3.05) is 47.3 Å². The average Bonchev–Trinajstić information content (AvgIpc) is 3.29. The standard InChI is InChI=1S/C43H78N14O11P4/c1-21(2)16-27-36(61)51-31(20-57(8)71)40(65)54-34(24(5)72-45)43(68)53-33(23(4)59)42(67)46-15-14-26(47-38(63)30(19-56(7)70)52-41(66)32(44)22(3)58)35(60)50-29(18-55(6)69)39(64)49-28(37(62)48-27)17-25-12-10-9-11-13-25/h9-13,21-24,26-34,58-59,72H,14-20,44-45,69-71H2,1-8H3,(H,46,67)(H,47,63)(H,48,62)(H,49,64)(H,50,60)(H,51,61)(H,52,66)(H,53,68)(H,54,65). The number of carbonyl (C=O) groups is 9. The summed E-state index contributed by atoms with van der Waals surface area (Å²) in [6.07, 6.45) is -3.16. The van der Waals surface area contributed by atoms with Crippen LogP contribution in [0.3, 0.4) is 0 Å². The molecular formula is C43H78N14O11P4. The van der Waals surface area contributed by atoms with E-state index in [2.05, 4.69) is 76.0 Å². The fourth-order valence-electron chi connectivity index (χ4n) is 7.19. The van der Waals surface area contributed by atoms with Crippen molar-refractivity contribution in [1.82, 2.24) is 61.9 Å². The number of nitrogens with zero attached hydrogens (tertiary/aromatic N) is 3. The maximum absolute atomic E-state index is 14.4. The first-order valence-electron chi connectivity index (χ1n) is 23.3. The molecule has 1 aromatic carbocycles. The zero-order chi connectivity index (χ0) is 54.6. The minimum Gasteiger partial charge on any atom is -0.391 e. The van der Waals surface area contributed by atoms with Gasteiger partial charge in [-0.05, 0) is 59.3 Å². The number of hydrogen-bond donors (Lipinski definition) is 13. The van der Waals surface area contributed by atoms with Gasteiger partial charge in [-0.15, -0.1) is 0 Å². The summed E-state index contributed by atoms with van der Waals surface area (Å²) in [6.45, 7) is 6.96. The van der Waals surface area contributed by atoms with Gasteiger partial charge >= 0.3 is 0 Å². The highest BCUT2D eigenvalue weighted by atomic mass is 31.1. The Morgan fingerprint density at radius 2 is 1.19 bits per heavy atom. The second-order valence-corrected chi connectivity index (χ2v) is 22.4. The molecule has 15 N–H and O–H groups in total. The summed E-state index contributed by atoms with van der Waals surface area (Å²) in [7, 11) is 11.5. The van der Waals surface area contributed by atoms with Crippen LogP contribution in [-0.2, 0) is 49.6 Å². The van der Waals surface area contributed by atoms with E-state index >= 15 is 0 Å². The molecule has 0 aromatic heterocycles. The Morgan fingerprint density at radius 3 is 1.71 bits per heavy atom. The van der Waals surface area contributed by atoms with E-state index in [9.17, 15) is 53.4 Å². The fraction of sp³-hybridized carbons (Fsp3) is 0.651. The highest BCUT2D eigenvalue weighted by molar-refractivity contribution is 7.36. The number of hydrogen-bond acceptors (Lipinski definition) is 16. The summed E-state index contributed by atoms with van der Waals surface area (Å²) in [5.74, 6) is -7.89. The van der Waals surface area contributed by atoms with Crippen molar-refractivity contribution in [3.63, 3.8) is 0 Å². The molecule has 2 rings (SSSR count). The number of likely N-dealkylation sites (N-methyl/N-ethyl adjacent to an activating group) is 3. The van der Waals surface area contributed by atoms with Crippen molar-refractivity contribution in [3.05, 3.63) is 35.9 Å². The third-order valence-corrected chi connectivity index (χ3v) is 12.7. The maximum atomic E-state index is 14.4. The quantitative estimate of drug-likeness (QED) is 0.0612. The summed E-state index contributed by atoms with van der Waals surface area (Å²) in [6, 6.07) is -3.98. The maximum Gasteiger partial charge on any atom is 0.245 e. The van der Waals surface area contributed by atoms with Crippen LogP contribution in [0.5, 0.6) is 0 Å². The molecule has 0 saturated carbocycles. The molecule has 0 bridgehead atoms. The first kappa shape index (κ1) is 64.0. The molecule has 0 spiro atoms. The van der Waals surface area contributed by atoms with Crippen LogP contribution in [-0.4, -0.2) is 197 Å². The predicted octanol–water partition coefficient (Wildman–Crippen LogP) is -5.13. The molecule has 1 aliphatic heterocycles. The lowest BCUT2D eigenvalue weighted by Gasteiger charge is -2.30. The van der Waals surface area contributed by atoms with Gasteiger partial charge in [-0.2, -0.15) is 0 Å². The number of amides is 9. The Morgan fingerprint density at radius 1 is 0.694 bits per heavy atom. The summed E-state index contributed by atoms with van der Waals surface area (Å²) in [4.78, 5) is 126. The molecule has 0 aliphatic carbocycles. The van der Waals surface area contributed by atoms with Gasteiger partial charge in [-0.25, -0.2) is 0 Å². The molecule has 1 saturated heterocycles. The van der Waals surface area contributed by atoms with E-state index in [0.29, 0.717) is 5.56 Å². The number of carbonyl (C=O) groups excluding carboxylic acids is 9. The van der Waals surface area contributed by atoms with Crippen LogP contribution in [0.25, 0.3) is 0 Å². The van der Waals surface area contributed by atoms with E-state index < -0.39 is 134 Å². The first-order chi connectivity index (χ1) is 33.6. The van der Waals surface area contributed by atoms with Crippen LogP contribution in [0, 0.1) is 5.92 Å². The minimum atomic E-state index is -1.63. The number of benzene rings is 1. The molecule has 1 heterocycles.